The van der Waals surface area contributed by atoms with E-state index in [4.69, 9.17) is 23.2 Å². The Morgan fingerprint density at radius 2 is 2.06 bits per heavy atom. The number of alkyl halides is 1. The Morgan fingerprint density at radius 3 is 2.83 bits per heavy atom. The summed E-state index contributed by atoms with van der Waals surface area (Å²) in [5.41, 5.74) is 1.14. The van der Waals surface area contributed by atoms with Crippen molar-refractivity contribution in [2.45, 2.75) is 38.3 Å². The molecule has 1 nitrogen and oxygen atoms in total. The molecule has 0 amide bonds. The number of hydrogen-bond acceptors (Lipinski definition) is 1. The van der Waals surface area contributed by atoms with Gasteiger partial charge in [-0.3, -0.25) is 4.90 Å². The molecule has 18 heavy (non-hydrogen) atoms. The van der Waals surface area contributed by atoms with E-state index < -0.39 is 0 Å². The van der Waals surface area contributed by atoms with Crippen molar-refractivity contribution in [3.63, 3.8) is 0 Å². The fourth-order valence-electron chi connectivity index (χ4n) is 2.51. The van der Waals surface area contributed by atoms with Crippen LogP contribution < -0.4 is 0 Å². The van der Waals surface area contributed by atoms with Gasteiger partial charge in [0.2, 0.25) is 0 Å². The Bertz CT molecular complexity index is 397. The largest absolute Gasteiger partial charge is 0.295 e. The summed E-state index contributed by atoms with van der Waals surface area (Å²) in [7, 11) is 0. The summed E-state index contributed by atoms with van der Waals surface area (Å²) >= 11 is 16.0. The van der Waals surface area contributed by atoms with Crippen molar-refractivity contribution in [1.29, 1.82) is 0 Å². The van der Waals surface area contributed by atoms with Gasteiger partial charge in [0.05, 0.1) is 10.0 Å². The number of rotatable bonds is 3. The van der Waals surface area contributed by atoms with E-state index >= 15 is 0 Å². The molecule has 1 aromatic rings. The maximum atomic E-state index is 6.27. The quantitative estimate of drug-likeness (QED) is 0.683. The second-order valence-electron chi connectivity index (χ2n) is 4.84. The van der Waals surface area contributed by atoms with Gasteiger partial charge in [-0.25, -0.2) is 0 Å². The van der Waals surface area contributed by atoms with Crippen LogP contribution in [0.4, 0.5) is 0 Å². The van der Waals surface area contributed by atoms with Crippen molar-refractivity contribution < 1.29 is 0 Å². The summed E-state index contributed by atoms with van der Waals surface area (Å²) in [6.45, 7) is 2.05. The first kappa shape index (κ1) is 14.6. The summed E-state index contributed by atoms with van der Waals surface area (Å²) in [6.07, 6.45) is 5.21. The summed E-state index contributed by atoms with van der Waals surface area (Å²) < 4.78 is 0. The molecule has 0 aromatic heterocycles. The Hall–Kier alpha value is 0.240. The number of hydrogen-bond donors (Lipinski definition) is 0. The molecule has 1 saturated heterocycles. The summed E-state index contributed by atoms with van der Waals surface area (Å²) in [4.78, 5) is 2.53. The van der Waals surface area contributed by atoms with Crippen LogP contribution in [0.15, 0.2) is 18.2 Å². The molecule has 0 saturated carbocycles. The minimum atomic E-state index is 0.613. The average Bonchev–Trinajstić information content (AvgIpc) is 2.60. The van der Waals surface area contributed by atoms with Gasteiger partial charge in [0.15, 0.2) is 0 Å². The number of nitrogens with zero attached hydrogens (tertiary/aromatic N) is 1. The van der Waals surface area contributed by atoms with Gasteiger partial charge in [-0.05, 0) is 31.0 Å². The van der Waals surface area contributed by atoms with Crippen molar-refractivity contribution >= 4 is 39.1 Å². The zero-order chi connectivity index (χ0) is 13.0. The lowest BCUT2D eigenvalue weighted by molar-refractivity contribution is 0.209. The predicted molar refractivity (Wildman–Crippen MR) is 82.9 cm³/mol. The van der Waals surface area contributed by atoms with Crippen LogP contribution >= 0.6 is 39.1 Å². The molecule has 1 heterocycles. The molecule has 0 bridgehead atoms. The third-order valence-corrected chi connectivity index (χ3v) is 5.19. The van der Waals surface area contributed by atoms with E-state index in [1.807, 2.05) is 12.1 Å². The first-order valence-corrected chi connectivity index (χ1v) is 8.33. The zero-order valence-corrected chi connectivity index (χ0v) is 13.4. The van der Waals surface area contributed by atoms with Crippen LogP contribution in [0, 0.1) is 0 Å². The van der Waals surface area contributed by atoms with Gasteiger partial charge >= 0.3 is 0 Å². The Labute approximate surface area is 128 Å². The van der Waals surface area contributed by atoms with Crippen LogP contribution in [0.25, 0.3) is 0 Å². The highest BCUT2D eigenvalue weighted by Gasteiger charge is 2.21. The molecule has 0 spiro atoms. The molecule has 0 radical (unpaired) electrons. The molecule has 1 aliphatic heterocycles. The van der Waals surface area contributed by atoms with Crippen molar-refractivity contribution in [3.05, 3.63) is 33.8 Å². The van der Waals surface area contributed by atoms with Crippen LogP contribution in [-0.2, 0) is 6.54 Å². The van der Waals surface area contributed by atoms with Crippen LogP contribution in [0.3, 0.4) is 0 Å². The maximum Gasteiger partial charge on any atom is 0.0637 e. The highest BCUT2D eigenvalue weighted by atomic mass is 79.9. The van der Waals surface area contributed by atoms with Crippen LogP contribution in [-0.4, -0.2) is 22.8 Å². The molecule has 1 atom stereocenters. The highest BCUT2D eigenvalue weighted by Crippen LogP contribution is 2.28. The number of benzene rings is 1. The van der Waals surface area contributed by atoms with Gasteiger partial charge in [-0.1, -0.05) is 64.1 Å². The van der Waals surface area contributed by atoms with Crippen molar-refractivity contribution in [2.24, 2.45) is 0 Å². The second kappa shape index (κ2) is 7.14. The van der Waals surface area contributed by atoms with Gasteiger partial charge in [0.25, 0.3) is 0 Å². The van der Waals surface area contributed by atoms with Gasteiger partial charge < -0.3 is 0 Å². The van der Waals surface area contributed by atoms with Crippen LogP contribution in [0.5, 0.6) is 0 Å². The lowest BCUT2D eigenvalue weighted by Gasteiger charge is -2.29. The third kappa shape index (κ3) is 3.63. The van der Waals surface area contributed by atoms with Crippen molar-refractivity contribution in [1.82, 2.24) is 4.90 Å². The molecule has 2 rings (SSSR count). The minimum absolute atomic E-state index is 0.613. The Morgan fingerprint density at radius 1 is 1.22 bits per heavy atom. The third-order valence-electron chi connectivity index (χ3n) is 3.58. The van der Waals surface area contributed by atoms with E-state index in [0.717, 1.165) is 24.0 Å². The molecule has 1 aromatic carbocycles. The molecular weight excluding hydrogens is 333 g/mol. The topological polar surface area (TPSA) is 3.24 Å². The lowest BCUT2D eigenvalue weighted by atomic mass is 10.1. The lowest BCUT2D eigenvalue weighted by Crippen LogP contribution is -2.35. The standard InChI is InChI=1S/C14H18BrCl2N/c15-9-12-6-2-1-3-8-18(12)10-11-5-4-7-13(16)14(11)17/h4-5,7,12H,1-3,6,8-10H2. The molecule has 1 unspecified atom stereocenters. The minimum Gasteiger partial charge on any atom is -0.295 e. The Balaban J connectivity index is 2.12. The second-order valence-corrected chi connectivity index (χ2v) is 6.27. The van der Waals surface area contributed by atoms with Crippen molar-refractivity contribution in [2.75, 3.05) is 11.9 Å². The first-order chi connectivity index (χ1) is 8.72. The monoisotopic (exact) mass is 349 g/mol. The normalized spacial score (nSPS) is 21.8. The molecule has 100 valence electrons. The smallest absolute Gasteiger partial charge is 0.0637 e. The molecular formula is C14H18BrCl2N. The summed E-state index contributed by atoms with van der Waals surface area (Å²) in [5.74, 6) is 0. The predicted octanol–water partition coefficient (Wildman–Crippen LogP) is 5.13. The van der Waals surface area contributed by atoms with E-state index in [9.17, 15) is 0 Å². The van der Waals surface area contributed by atoms with E-state index in [1.54, 1.807) is 0 Å². The fraction of sp³-hybridized carbons (Fsp3) is 0.571. The summed E-state index contributed by atoms with van der Waals surface area (Å²) in [5, 5.41) is 2.39. The summed E-state index contributed by atoms with van der Waals surface area (Å²) in [6, 6.07) is 6.51. The maximum absolute atomic E-state index is 6.27. The molecule has 4 heteroatoms. The van der Waals surface area contributed by atoms with Gasteiger partial charge in [0, 0.05) is 17.9 Å². The number of likely N-dealkylation sites (tertiary alicyclic amines) is 1. The Kier molecular flexibility index (Phi) is 5.81. The van der Waals surface area contributed by atoms with E-state index in [0.29, 0.717) is 16.1 Å². The first-order valence-electron chi connectivity index (χ1n) is 6.45. The van der Waals surface area contributed by atoms with Crippen LogP contribution in [0.1, 0.15) is 31.2 Å². The average molecular weight is 351 g/mol. The molecule has 1 aliphatic rings. The van der Waals surface area contributed by atoms with Gasteiger partial charge in [-0.15, -0.1) is 0 Å². The molecule has 1 fully saturated rings. The van der Waals surface area contributed by atoms with Gasteiger partial charge in [-0.2, -0.15) is 0 Å². The van der Waals surface area contributed by atoms with Crippen LogP contribution in [0.2, 0.25) is 10.0 Å². The highest BCUT2D eigenvalue weighted by molar-refractivity contribution is 9.09. The SMILES string of the molecule is Clc1cccc(CN2CCCCCC2CBr)c1Cl. The number of halogens is 3. The zero-order valence-electron chi connectivity index (χ0n) is 10.3. The molecule has 0 N–H and O–H groups in total. The van der Waals surface area contributed by atoms with Crippen molar-refractivity contribution in [3.8, 4) is 0 Å². The van der Waals surface area contributed by atoms with E-state index in [2.05, 4.69) is 26.9 Å². The molecule has 0 aliphatic carbocycles. The van der Waals surface area contributed by atoms with Gasteiger partial charge in [0.1, 0.15) is 0 Å². The van der Waals surface area contributed by atoms with E-state index in [-0.39, 0.29) is 0 Å². The van der Waals surface area contributed by atoms with E-state index in [1.165, 1.54) is 25.7 Å². The fourth-order valence-corrected chi connectivity index (χ4v) is 3.62.